The van der Waals surface area contributed by atoms with Gasteiger partial charge in [0.05, 0.1) is 12.6 Å². The van der Waals surface area contributed by atoms with Gasteiger partial charge in [0.1, 0.15) is 17.2 Å². The minimum absolute atomic E-state index is 0.168. The normalized spacial score (nSPS) is 11.6. The third-order valence-corrected chi connectivity index (χ3v) is 3.88. The molecule has 1 unspecified atom stereocenters. The summed E-state index contributed by atoms with van der Waals surface area (Å²) in [5, 5.41) is 21.6. The maximum atomic E-state index is 12.4. The summed E-state index contributed by atoms with van der Waals surface area (Å²) in [6.45, 7) is -0.183. The molecule has 5 nitrogen and oxygen atoms in total. The van der Waals surface area contributed by atoms with Crippen LogP contribution in [0.4, 0.5) is 0 Å². The summed E-state index contributed by atoms with van der Waals surface area (Å²) in [7, 11) is 0. The van der Waals surface area contributed by atoms with E-state index in [0.29, 0.717) is 17.1 Å². The Bertz CT molecular complexity index is 845. The van der Waals surface area contributed by atoms with Crippen molar-refractivity contribution in [3.63, 3.8) is 0 Å². The highest BCUT2D eigenvalue weighted by Crippen LogP contribution is 2.23. The molecule has 1 amide bonds. The van der Waals surface area contributed by atoms with E-state index in [1.54, 1.807) is 36.4 Å². The fraction of sp³-hybridized carbons (Fsp3) is 0.0952. The molecule has 3 N–H and O–H groups in total. The molecule has 0 heterocycles. The first-order valence-electron chi connectivity index (χ1n) is 8.19. The smallest absolute Gasteiger partial charge is 0.251 e. The van der Waals surface area contributed by atoms with Crippen LogP contribution in [-0.2, 0) is 0 Å². The fourth-order valence-corrected chi connectivity index (χ4v) is 2.49. The second-order valence-corrected chi connectivity index (χ2v) is 5.74. The highest BCUT2D eigenvalue weighted by molar-refractivity contribution is 5.94. The van der Waals surface area contributed by atoms with Crippen LogP contribution in [0, 0.1) is 0 Å². The average Bonchev–Trinajstić information content (AvgIpc) is 2.69. The summed E-state index contributed by atoms with van der Waals surface area (Å²) in [4.78, 5) is 12.4. The van der Waals surface area contributed by atoms with Crippen LogP contribution in [0.5, 0.6) is 17.2 Å². The number of benzene rings is 3. The van der Waals surface area contributed by atoms with Crippen LogP contribution < -0.4 is 10.1 Å². The van der Waals surface area contributed by atoms with Gasteiger partial charge in [-0.25, -0.2) is 0 Å². The lowest BCUT2D eigenvalue weighted by Gasteiger charge is -2.17. The Morgan fingerprint density at radius 3 is 2.04 bits per heavy atom. The van der Waals surface area contributed by atoms with Crippen LogP contribution in [0.25, 0.3) is 0 Å². The zero-order valence-electron chi connectivity index (χ0n) is 14.0. The number of aliphatic hydroxyl groups is 1. The van der Waals surface area contributed by atoms with E-state index in [4.69, 9.17) is 4.74 Å². The Labute approximate surface area is 151 Å². The molecule has 0 radical (unpaired) electrons. The van der Waals surface area contributed by atoms with Crippen LogP contribution in [-0.4, -0.2) is 22.7 Å². The fourth-order valence-electron chi connectivity index (χ4n) is 2.49. The van der Waals surface area contributed by atoms with E-state index in [9.17, 15) is 15.0 Å². The van der Waals surface area contributed by atoms with E-state index in [-0.39, 0.29) is 18.3 Å². The van der Waals surface area contributed by atoms with Crippen molar-refractivity contribution in [2.75, 3.05) is 6.61 Å². The second kappa shape index (κ2) is 8.18. The summed E-state index contributed by atoms with van der Waals surface area (Å²) >= 11 is 0. The third-order valence-electron chi connectivity index (χ3n) is 3.88. The van der Waals surface area contributed by atoms with E-state index >= 15 is 0 Å². The molecule has 0 saturated carbocycles. The molecule has 3 rings (SSSR count). The average molecular weight is 349 g/mol. The number of hydrogen-bond acceptors (Lipinski definition) is 4. The van der Waals surface area contributed by atoms with Crippen molar-refractivity contribution in [1.29, 1.82) is 0 Å². The van der Waals surface area contributed by atoms with E-state index < -0.39 is 6.04 Å². The minimum Gasteiger partial charge on any atom is -0.508 e. The molecular formula is C21H19NO4. The van der Waals surface area contributed by atoms with Crippen LogP contribution in [0.3, 0.4) is 0 Å². The molecule has 3 aromatic carbocycles. The third kappa shape index (κ3) is 4.40. The summed E-state index contributed by atoms with van der Waals surface area (Å²) < 4.78 is 5.66. The molecular weight excluding hydrogens is 330 g/mol. The molecule has 0 aliphatic rings. The van der Waals surface area contributed by atoms with Crippen molar-refractivity contribution in [1.82, 2.24) is 5.32 Å². The highest BCUT2D eigenvalue weighted by atomic mass is 16.5. The van der Waals surface area contributed by atoms with Crippen LogP contribution in [0.2, 0.25) is 0 Å². The van der Waals surface area contributed by atoms with Crippen molar-refractivity contribution in [2.24, 2.45) is 0 Å². The number of phenolic OH excluding ortho intramolecular Hbond substituents is 1. The second-order valence-electron chi connectivity index (χ2n) is 5.74. The van der Waals surface area contributed by atoms with Gasteiger partial charge in [0, 0.05) is 5.56 Å². The van der Waals surface area contributed by atoms with Gasteiger partial charge >= 0.3 is 0 Å². The molecule has 0 bridgehead atoms. The van der Waals surface area contributed by atoms with Gasteiger partial charge in [-0.2, -0.15) is 0 Å². The SMILES string of the molecule is O=C(NC(CO)c1ccccc1)c1ccc(Oc2ccc(O)cc2)cc1. The molecule has 0 aromatic heterocycles. The molecule has 0 fully saturated rings. The number of nitrogens with one attached hydrogen (secondary N) is 1. The number of phenols is 1. The quantitative estimate of drug-likeness (QED) is 0.635. The van der Waals surface area contributed by atoms with Crippen molar-refractivity contribution in [3.05, 3.63) is 90.0 Å². The molecule has 1 atom stereocenters. The maximum absolute atomic E-state index is 12.4. The summed E-state index contributed by atoms with van der Waals surface area (Å²) in [5.41, 5.74) is 1.31. The zero-order chi connectivity index (χ0) is 18.4. The van der Waals surface area contributed by atoms with Crippen LogP contribution in [0.1, 0.15) is 22.0 Å². The Balaban J connectivity index is 1.65. The Kier molecular flexibility index (Phi) is 5.51. The Morgan fingerprint density at radius 1 is 0.885 bits per heavy atom. The number of carbonyl (C=O) groups excluding carboxylic acids is 1. The number of aromatic hydroxyl groups is 1. The standard InChI is InChI=1S/C21H19NO4/c23-14-20(15-4-2-1-3-5-15)22-21(25)16-6-10-18(11-7-16)26-19-12-8-17(24)9-13-19/h1-13,20,23-24H,14H2,(H,22,25). The molecule has 0 aliphatic carbocycles. The van der Waals surface area contributed by atoms with Gasteiger partial charge in [0.2, 0.25) is 0 Å². The number of hydrogen-bond donors (Lipinski definition) is 3. The van der Waals surface area contributed by atoms with Crippen LogP contribution in [0.15, 0.2) is 78.9 Å². The number of rotatable bonds is 6. The molecule has 0 spiro atoms. The van der Waals surface area contributed by atoms with E-state index in [1.165, 1.54) is 12.1 Å². The summed E-state index contributed by atoms with van der Waals surface area (Å²) in [5.74, 6) is 1.06. The molecule has 3 aromatic rings. The number of carbonyl (C=O) groups is 1. The zero-order valence-corrected chi connectivity index (χ0v) is 14.0. The van der Waals surface area contributed by atoms with Crippen LogP contribution >= 0.6 is 0 Å². The number of ether oxygens (including phenoxy) is 1. The predicted molar refractivity (Wildman–Crippen MR) is 98.4 cm³/mol. The Morgan fingerprint density at radius 2 is 1.46 bits per heavy atom. The van der Waals surface area contributed by atoms with E-state index in [1.807, 2.05) is 30.3 Å². The van der Waals surface area contributed by atoms with Crippen molar-refractivity contribution < 1.29 is 19.7 Å². The highest BCUT2D eigenvalue weighted by Gasteiger charge is 2.14. The van der Waals surface area contributed by atoms with Crippen molar-refractivity contribution >= 4 is 5.91 Å². The number of amides is 1. The monoisotopic (exact) mass is 349 g/mol. The number of aliphatic hydroxyl groups excluding tert-OH is 1. The van der Waals surface area contributed by atoms with Gasteiger partial charge in [-0.05, 0) is 54.1 Å². The lowest BCUT2D eigenvalue weighted by molar-refractivity contribution is 0.0916. The maximum Gasteiger partial charge on any atom is 0.251 e. The van der Waals surface area contributed by atoms with Gasteiger partial charge in [-0.3, -0.25) is 4.79 Å². The Hall–Kier alpha value is -3.31. The summed E-state index contributed by atoms with van der Waals surface area (Å²) in [6.07, 6.45) is 0. The first-order chi connectivity index (χ1) is 12.7. The van der Waals surface area contributed by atoms with Gasteiger partial charge in [0.25, 0.3) is 5.91 Å². The molecule has 5 heteroatoms. The molecule has 26 heavy (non-hydrogen) atoms. The van der Waals surface area contributed by atoms with Crippen molar-refractivity contribution in [2.45, 2.75) is 6.04 Å². The molecule has 0 aliphatic heterocycles. The largest absolute Gasteiger partial charge is 0.508 e. The predicted octanol–water partition coefficient (Wildman–Crippen LogP) is 3.65. The van der Waals surface area contributed by atoms with Crippen molar-refractivity contribution in [3.8, 4) is 17.2 Å². The van der Waals surface area contributed by atoms with E-state index in [0.717, 1.165) is 5.56 Å². The lowest BCUT2D eigenvalue weighted by Crippen LogP contribution is -2.30. The summed E-state index contributed by atoms with van der Waals surface area (Å²) in [6, 6.07) is 21.9. The first kappa shape index (κ1) is 17.5. The van der Waals surface area contributed by atoms with Gasteiger partial charge in [-0.1, -0.05) is 30.3 Å². The molecule has 132 valence electrons. The first-order valence-corrected chi connectivity index (χ1v) is 8.19. The molecule has 0 saturated heterocycles. The van der Waals surface area contributed by atoms with Gasteiger partial charge in [0.15, 0.2) is 0 Å². The van der Waals surface area contributed by atoms with Gasteiger partial charge < -0.3 is 20.3 Å². The lowest BCUT2D eigenvalue weighted by atomic mass is 10.1. The van der Waals surface area contributed by atoms with E-state index in [2.05, 4.69) is 5.32 Å². The van der Waals surface area contributed by atoms with Gasteiger partial charge in [-0.15, -0.1) is 0 Å². The topological polar surface area (TPSA) is 78.8 Å². The minimum atomic E-state index is -0.461.